The number of carboxylic acid groups (broad SMARTS) is 2. The van der Waals surface area contributed by atoms with Crippen LogP contribution >= 0.6 is 0 Å². The van der Waals surface area contributed by atoms with Gasteiger partial charge >= 0.3 is 11.9 Å². The van der Waals surface area contributed by atoms with Crippen LogP contribution in [0.1, 0.15) is 98.4 Å². The molecule has 4 heterocycles. The van der Waals surface area contributed by atoms with Crippen LogP contribution in [0.5, 0.6) is 0 Å². The van der Waals surface area contributed by atoms with Crippen molar-refractivity contribution in [2.24, 2.45) is 16.8 Å². The summed E-state index contributed by atoms with van der Waals surface area (Å²) in [5.74, 6) is -1.73. The van der Waals surface area contributed by atoms with E-state index < -0.39 is 11.9 Å². The van der Waals surface area contributed by atoms with Crippen molar-refractivity contribution in [2.75, 3.05) is 0 Å². The Morgan fingerprint density at radius 2 is 1.40 bits per heavy atom. The molecule has 2 aliphatic heterocycles. The lowest BCUT2D eigenvalue weighted by atomic mass is 9.87. The lowest BCUT2D eigenvalue weighted by molar-refractivity contribution is -0.138. The molecule has 0 bridgehead atoms. The van der Waals surface area contributed by atoms with E-state index in [2.05, 4.69) is 27.2 Å². The van der Waals surface area contributed by atoms with Gasteiger partial charge in [-0.3, -0.25) is 19.2 Å². The molecule has 3 atom stereocenters. The van der Waals surface area contributed by atoms with Gasteiger partial charge in [-0.25, -0.2) is 4.99 Å². The van der Waals surface area contributed by atoms with Crippen molar-refractivity contribution in [2.45, 2.75) is 105 Å². The molecule has 43 heavy (non-hydrogen) atoms. The molecule has 0 aliphatic carbocycles. The third-order valence-corrected chi connectivity index (χ3v) is 9.55. The average molecular weight is 593 g/mol. The maximum absolute atomic E-state index is 12.4. The number of aromatic amines is 2. The quantitative estimate of drug-likeness (QED) is 0.216. The molecule has 0 saturated carbocycles. The standard InChI is InChI=1S/C33H44N4O6/c1-7-20-19(6)32(42)37-27(20)14-25-18(5)23(10-12-31(40)41)29(35-25)15-28-22(9-11-30(38)39)17(4)24(34-28)13-26-16(3)21(8-2)33(43)36-26/h19-20,27,34-35H,7-15H2,1-6H3,(H,37,42)(H,38,39)(H,40,41)/t19-,20-,27?/m1/s1. The highest BCUT2D eigenvalue weighted by Gasteiger charge is 2.38. The first-order valence-corrected chi connectivity index (χ1v) is 15.3. The van der Waals surface area contributed by atoms with E-state index >= 15 is 0 Å². The fraction of sp³-hybridized carbons (Fsp3) is 0.545. The number of carbonyl (C=O) groups is 4. The fourth-order valence-corrected chi connectivity index (χ4v) is 6.91. The molecular weight excluding hydrogens is 548 g/mol. The third-order valence-electron chi connectivity index (χ3n) is 9.55. The minimum Gasteiger partial charge on any atom is -0.481 e. The van der Waals surface area contributed by atoms with Gasteiger partial charge in [0, 0.05) is 72.4 Å². The summed E-state index contributed by atoms with van der Waals surface area (Å²) in [6.45, 7) is 11.9. The van der Waals surface area contributed by atoms with Gasteiger partial charge in [-0.2, -0.15) is 0 Å². The van der Waals surface area contributed by atoms with Crippen molar-refractivity contribution in [3.8, 4) is 0 Å². The van der Waals surface area contributed by atoms with E-state index in [1.807, 2.05) is 34.6 Å². The minimum atomic E-state index is -0.885. The first-order chi connectivity index (χ1) is 20.4. The Balaban J connectivity index is 1.70. The molecule has 232 valence electrons. The van der Waals surface area contributed by atoms with E-state index in [0.29, 0.717) is 38.5 Å². The second-order valence-electron chi connectivity index (χ2n) is 12.0. The van der Waals surface area contributed by atoms with Crippen LogP contribution in [0, 0.1) is 25.7 Å². The van der Waals surface area contributed by atoms with Crippen LogP contribution in [0.25, 0.3) is 0 Å². The maximum atomic E-state index is 12.4. The lowest BCUT2D eigenvalue weighted by Gasteiger charge is -2.19. The predicted molar refractivity (Wildman–Crippen MR) is 163 cm³/mol. The van der Waals surface area contributed by atoms with E-state index in [9.17, 15) is 29.4 Å². The smallest absolute Gasteiger partial charge is 0.303 e. The Morgan fingerprint density at radius 1 is 0.837 bits per heavy atom. The number of aromatic nitrogens is 2. The summed E-state index contributed by atoms with van der Waals surface area (Å²) < 4.78 is 0. The zero-order valence-corrected chi connectivity index (χ0v) is 26.1. The van der Waals surface area contributed by atoms with Crippen LogP contribution in [0.4, 0.5) is 0 Å². The normalized spacial score (nSPS) is 20.2. The molecule has 0 spiro atoms. The highest BCUT2D eigenvalue weighted by atomic mass is 16.4. The van der Waals surface area contributed by atoms with E-state index in [0.717, 1.165) is 68.3 Å². The molecule has 4 rings (SSSR count). The highest BCUT2D eigenvalue weighted by Crippen LogP contribution is 2.32. The number of aliphatic carboxylic acids is 2. The largest absolute Gasteiger partial charge is 0.481 e. The monoisotopic (exact) mass is 592 g/mol. The van der Waals surface area contributed by atoms with Gasteiger partial charge in [0.15, 0.2) is 0 Å². The summed E-state index contributed by atoms with van der Waals surface area (Å²) in [6.07, 6.45) is 3.66. The van der Waals surface area contributed by atoms with Crippen molar-refractivity contribution in [3.05, 3.63) is 56.2 Å². The lowest BCUT2D eigenvalue weighted by Crippen LogP contribution is -2.31. The number of carbonyl (C=O) groups excluding carboxylic acids is 2. The summed E-state index contributed by atoms with van der Waals surface area (Å²) in [5.41, 5.74) is 9.79. The number of carboxylic acids is 2. The highest BCUT2D eigenvalue weighted by molar-refractivity contribution is 6.19. The van der Waals surface area contributed by atoms with Gasteiger partial charge < -0.3 is 25.5 Å². The van der Waals surface area contributed by atoms with Gasteiger partial charge in [-0.05, 0) is 73.8 Å². The second kappa shape index (κ2) is 13.1. The molecule has 10 heteroatoms. The van der Waals surface area contributed by atoms with Crippen molar-refractivity contribution in [1.29, 1.82) is 0 Å². The molecule has 0 radical (unpaired) electrons. The number of nitrogens with one attached hydrogen (secondary N) is 3. The van der Waals surface area contributed by atoms with Crippen LogP contribution in [0.15, 0.2) is 16.1 Å². The molecule has 2 aliphatic rings. The van der Waals surface area contributed by atoms with Gasteiger partial charge in [0.1, 0.15) is 0 Å². The summed E-state index contributed by atoms with van der Waals surface area (Å²) in [5, 5.41) is 22.1. The Kier molecular flexibility index (Phi) is 9.77. The van der Waals surface area contributed by atoms with E-state index in [4.69, 9.17) is 0 Å². The molecule has 0 aromatic carbocycles. The number of aliphatic imine (C=N–C) groups is 1. The second-order valence-corrected chi connectivity index (χ2v) is 12.0. The van der Waals surface area contributed by atoms with Gasteiger partial charge in [-0.15, -0.1) is 0 Å². The summed E-state index contributed by atoms with van der Waals surface area (Å²) >= 11 is 0. The van der Waals surface area contributed by atoms with Crippen molar-refractivity contribution >= 4 is 29.5 Å². The summed E-state index contributed by atoms with van der Waals surface area (Å²) in [6, 6.07) is -0.00492. The molecule has 2 aromatic rings. The number of rotatable bonds is 14. The zero-order valence-electron chi connectivity index (χ0n) is 26.1. The van der Waals surface area contributed by atoms with Crippen molar-refractivity contribution < 1.29 is 29.4 Å². The first kappa shape index (κ1) is 32.0. The van der Waals surface area contributed by atoms with Crippen LogP contribution in [0.3, 0.4) is 0 Å². The Bertz CT molecular complexity index is 1510. The van der Waals surface area contributed by atoms with E-state index in [1.54, 1.807) is 0 Å². The minimum absolute atomic E-state index is 0.00492. The van der Waals surface area contributed by atoms with E-state index in [1.165, 1.54) is 0 Å². The van der Waals surface area contributed by atoms with Crippen molar-refractivity contribution in [1.82, 2.24) is 15.3 Å². The summed E-state index contributed by atoms with van der Waals surface area (Å²) in [7, 11) is 0. The maximum Gasteiger partial charge on any atom is 0.303 e. The number of allylic oxidation sites excluding steroid dienone is 1. The van der Waals surface area contributed by atoms with Crippen molar-refractivity contribution in [3.63, 3.8) is 0 Å². The van der Waals surface area contributed by atoms with E-state index in [-0.39, 0.29) is 42.5 Å². The molecule has 5 N–H and O–H groups in total. The molecule has 1 saturated heterocycles. The molecule has 10 nitrogen and oxygen atoms in total. The SMILES string of the molecule is CCC1=C(C)C(Cc2[nH]c(Cc3[nH]c(CC4NC(=O)[C@H](C)[C@H]4CC)c(C)c3CCC(=O)O)c(CCC(=O)O)c2C)=NC1=O. The van der Waals surface area contributed by atoms with Gasteiger partial charge in [0.2, 0.25) is 5.91 Å². The van der Waals surface area contributed by atoms with Crippen LogP contribution in [0.2, 0.25) is 0 Å². The third kappa shape index (κ3) is 6.68. The van der Waals surface area contributed by atoms with Crippen LogP contribution in [-0.2, 0) is 51.3 Å². The molecule has 1 fully saturated rings. The topological polar surface area (TPSA) is 165 Å². The molecule has 2 amide bonds. The number of H-pyrrole nitrogens is 2. The Hall–Kier alpha value is -3.95. The molecule has 1 unspecified atom stereocenters. The number of nitrogens with zero attached hydrogens (tertiary/aromatic N) is 1. The fourth-order valence-electron chi connectivity index (χ4n) is 6.91. The number of hydrogen-bond acceptors (Lipinski definition) is 4. The first-order valence-electron chi connectivity index (χ1n) is 15.3. The van der Waals surface area contributed by atoms with Gasteiger partial charge in [0.05, 0.1) is 5.71 Å². The average Bonchev–Trinajstić information content (AvgIpc) is 3.59. The van der Waals surface area contributed by atoms with Crippen LogP contribution < -0.4 is 5.32 Å². The summed E-state index contributed by atoms with van der Waals surface area (Å²) in [4.78, 5) is 59.3. The van der Waals surface area contributed by atoms with Crippen LogP contribution in [-0.4, -0.2) is 55.7 Å². The number of amides is 2. The van der Waals surface area contributed by atoms with Gasteiger partial charge in [-0.1, -0.05) is 27.2 Å². The predicted octanol–water partition coefficient (Wildman–Crippen LogP) is 4.54. The Labute approximate surface area is 252 Å². The zero-order chi connectivity index (χ0) is 31.6. The Morgan fingerprint density at radius 3 is 1.91 bits per heavy atom. The van der Waals surface area contributed by atoms with Gasteiger partial charge in [0.25, 0.3) is 5.91 Å². The molecule has 2 aromatic heterocycles. The molecular formula is C33H44N4O6. The number of hydrogen-bond donors (Lipinski definition) is 5.